The molecule has 2 aromatic carbocycles. The highest BCUT2D eigenvalue weighted by Crippen LogP contribution is 2.24. The van der Waals surface area contributed by atoms with E-state index in [1.54, 1.807) is 18.2 Å². The zero-order valence-electron chi connectivity index (χ0n) is 21.0. The predicted octanol–water partition coefficient (Wildman–Crippen LogP) is -1.32. The third-order valence-corrected chi connectivity index (χ3v) is 6.57. The number of aliphatic hydroxyl groups excluding tert-OH is 7. The first kappa shape index (κ1) is 29.0. The van der Waals surface area contributed by atoms with Crippen LogP contribution in [-0.4, -0.2) is 104 Å². The Morgan fingerprint density at radius 2 is 1.49 bits per heavy atom. The van der Waals surface area contributed by atoms with Crippen LogP contribution >= 0.6 is 0 Å². The van der Waals surface area contributed by atoms with Crippen molar-refractivity contribution in [2.45, 2.75) is 68.0 Å². The van der Waals surface area contributed by atoms with Crippen molar-refractivity contribution >= 4 is 0 Å². The Hall–Kier alpha value is -3.00. The van der Waals surface area contributed by atoms with E-state index >= 15 is 0 Å². The molecule has 0 bridgehead atoms. The highest BCUT2D eigenvalue weighted by atomic mass is 16.5. The SMILES string of the molecule is OCC1CC(O)C(O)C(C#Cc2ccc(C#CC3OC(CO)C(O)C(O)C3O)cc2OCc2ccccc2)O1. The monoisotopic (exact) mass is 540 g/mol. The van der Waals surface area contributed by atoms with E-state index < -0.39 is 61.5 Å². The minimum Gasteiger partial charge on any atom is -0.488 e. The van der Waals surface area contributed by atoms with Gasteiger partial charge in [0.2, 0.25) is 0 Å². The van der Waals surface area contributed by atoms with Crippen LogP contribution in [0.3, 0.4) is 0 Å². The maximum atomic E-state index is 10.3. The summed E-state index contributed by atoms with van der Waals surface area (Å²) in [5, 5.41) is 69.4. The molecule has 2 saturated heterocycles. The summed E-state index contributed by atoms with van der Waals surface area (Å²) in [4.78, 5) is 0. The van der Waals surface area contributed by atoms with Crippen molar-refractivity contribution in [3.8, 4) is 29.4 Å². The number of benzene rings is 2. The Kier molecular flexibility index (Phi) is 9.94. The topological polar surface area (TPSA) is 169 Å². The van der Waals surface area contributed by atoms with Gasteiger partial charge in [-0.15, -0.1) is 0 Å². The van der Waals surface area contributed by atoms with Crippen molar-refractivity contribution in [2.75, 3.05) is 13.2 Å². The Morgan fingerprint density at radius 1 is 0.769 bits per heavy atom. The highest BCUT2D eigenvalue weighted by molar-refractivity contribution is 5.52. The maximum Gasteiger partial charge on any atom is 0.147 e. The van der Waals surface area contributed by atoms with Crippen LogP contribution in [0.2, 0.25) is 0 Å². The summed E-state index contributed by atoms with van der Waals surface area (Å²) in [5.41, 5.74) is 1.85. The molecular formula is C29H32O10. The first-order chi connectivity index (χ1) is 18.8. The van der Waals surface area contributed by atoms with Gasteiger partial charge in [0.1, 0.15) is 55.1 Å². The van der Waals surface area contributed by atoms with Gasteiger partial charge in [0.25, 0.3) is 0 Å². The summed E-state index contributed by atoms with van der Waals surface area (Å²) in [6, 6.07) is 14.4. The lowest BCUT2D eigenvalue weighted by molar-refractivity contribution is -0.214. The molecule has 4 rings (SSSR count). The number of ether oxygens (including phenoxy) is 3. The van der Waals surface area contributed by atoms with E-state index in [1.807, 2.05) is 30.3 Å². The van der Waals surface area contributed by atoms with Crippen molar-refractivity contribution in [1.29, 1.82) is 0 Å². The van der Waals surface area contributed by atoms with Crippen LogP contribution in [0.25, 0.3) is 0 Å². The third kappa shape index (κ3) is 7.15. The molecule has 0 aliphatic carbocycles. The average Bonchev–Trinajstić information content (AvgIpc) is 2.96. The molecule has 0 saturated carbocycles. The van der Waals surface area contributed by atoms with Gasteiger partial charge in [-0.2, -0.15) is 0 Å². The molecule has 10 heteroatoms. The van der Waals surface area contributed by atoms with Crippen LogP contribution in [0.5, 0.6) is 5.75 Å². The van der Waals surface area contributed by atoms with Gasteiger partial charge in [0.15, 0.2) is 0 Å². The number of aliphatic hydroxyl groups is 7. The summed E-state index contributed by atoms with van der Waals surface area (Å²) in [5.74, 6) is 11.7. The first-order valence-electron chi connectivity index (χ1n) is 12.6. The maximum absolute atomic E-state index is 10.3. The molecule has 2 aliphatic heterocycles. The van der Waals surface area contributed by atoms with Gasteiger partial charge < -0.3 is 50.0 Å². The fraction of sp³-hybridized carbons (Fsp3) is 0.448. The molecule has 2 fully saturated rings. The van der Waals surface area contributed by atoms with E-state index in [2.05, 4.69) is 23.7 Å². The minimum atomic E-state index is -1.53. The Balaban J connectivity index is 1.59. The second-order valence-corrected chi connectivity index (χ2v) is 9.43. The second kappa shape index (κ2) is 13.4. The molecule has 0 amide bonds. The summed E-state index contributed by atoms with van der Waals surface area (Å²) < 4.78 is 17.1. The predicted molar refractivity (Wildman–Crippen MR) is 137 cm³/mol. The minimum absolute atomic E-state index is 0.100. The van der Waals surface area contributed by atoms with Gasteiger partial charge in [0, 0.05) is 12.0 Å². The molecular weight excluding hydrogens is 508 g/mol. The molecule has 10 nitrogen and oxygen atoms in total. The number of rotatable bonds is 5. The molecule has 39 heavy (non-hydrogen) atoms. The lowest BCUT2D eigenvalue weighted by Crippen LogP contribution is -2.58. The third-order valence-electron chi connectivity index (χ3n) is 6.57. The molecule has 9 atom stereocenters. The van der Waals surface area contributed by atoms with E-state index in [0.717, 1.165) is 5.56 Å². The van der Waals surface area contributed by atoms with E-state index in [1.165, 1.54) is 0 Å². The van der Waals surface area contributed by atoms with Crippen molar-refractivity contribution in [1.82, 2.24) is 0 Å². The molecule has 208 valence electrons. The molecule has 2 heterocycles. The Bertz CT molecular complexity index is 1210. The quantitative estimate of drug-likeness (QED) is 0.226. The van der Waals surface area contributed by atoms with E-state index in [4.69, 9.17) is 14.2 Å². The van der Waals surface area contributed by atoms with Gasteiger partial charge in [-0.05, 0) is 23.8 Å². The standard InChI is InChI=1S/C29H32O10/c30-14-20-13-21(32)26(33)22(38-20)11-9-19-8-6-17(12-24(19)37-16-18-4-2-1-3-5-18)7-10-23-27(34)29(36)28(35)25(15-31)39-23/h1-6,8,12,20-23,25-36H,13-16H2. The van der Waals surface area contributed by atoms with E-state index in [-0.39, 0.29) is 19.6 Å². The van der Waals surface area contributed by atoms with Crippen LogP contribution < -0.4 is 4.74 Å². The zero-order valence-corrected chi connectivity index (χ0v) is 21.0. The fourth-order valence-corrected chi connectivity index (χ4v) is 4.27. The van der Waals surface area contributed by atoms with E-state index in [9.17, 15) is 35.7 Å². The van der Waals surface area contributed by atoms with E-state index in [0.29, 0.717) is 16.9 Å². The van der Waals surface area contributed by atoms with Crippen LogP contribution in [-0.2, 0) is 16.1 Å². The van der Waals surface area contributed by atoms with Crippen LogP contribution in [0.1, 0.15) is 23.1 Å². The zero-order chi connectivity index (χ0) is 27.9. The summed E-state index contributed by atoms with van der Waals surface area (Å²) in [6.07, 6.45) is -10.6. The Labute approximate surface area is 226 Å². The molecule has 7 N–H and O–H groups in total. The highest BCUT2D eigenvalue weighted by Gasteiger charge is 2.42. The normalized spacial score (nSPS) is 32.3. The van der Waals surface area contributed by atoms with Crippen molar-refractivity contribution in [3.05, 3.63) is 65.2 Å². The molecule has 0 aromatic heterocycles. The average molecular weight is 541 g/mol. The summed E-state index contributed by atoms with van der Waals surface area (Å²) >= 11 is 0. The molecule has 9 unspecified atom stereocenters. The van der Waals surface area contributed by atoms with Crippen LogP contribution in [0.4, 0.5) is 0 Å². The van der Waals surface area contributed by atoms with Gasteiger partial charge in [-0.25, -0.2) is 0 Å². The fourth-order valence-electron chi connectivity index (χ4n) is 4.27. The molecule has 0 spiro atoms. The lowest BCUT2D eigenvalue weighted by Gasteiger charge is -2.37. The largest absolute Gasteiger partial charge is 0.488 e. The van der Waals surface area contributed by atoms with Gasteiger partial charge >= 0.3 is 0 Å². The number of hydrogen-bond acceptors (Lipinski definition) is 10. The smallest absolute Gasteiger partial charge is 0.147 e. The number of hydrogen-bond donors (Lipinski definition) is 7. The summed E-state index contributed by atoms with van der Waals surface area (Å²) in [6.45, 7) is -0.633. The van der Waals surface area contributed by atoms with Gasteiger partial charge in [0.05, 0.1) is 31.0 Å². The van der Waals surface area contributed by atoms with Crippen LogP contribution in [0, 0.1) is 23.7 Å². The van der Waals surface area contributed by atoms with Crippen LogP contribution in [0.15, 0.2) is 48.5 Å². The Morgan fingerprint density at radius 3 is 2.21 bits per heavy atom. The van der Waals surface area contributed by atoms with Crippen molar-refractivity contribution in [3.63, 3.8) is 0 Å². The second-order valence-electron chi connectivity index (χ2n) is 9.43. The lowest BCUT2D eigenvalue weighted by atomic mass is 9.95. The summed E-state index contributed by atoms with van der Waals surface area (Å²) in [7, 11) is 0. The first-order valence-corrected chi connectivity index (χ1v) is 12.6. The van der Waals surface area contributed by atoms with Gasteiger partial charge in [-0.3, -0.25) is 0 Å². The molecule has 2 aliphatic rings. The van der Waals surface area contributed by atoms with Crippen molar-refractivity contribution in [2.24, 2.45) is 0 Å². The molecule has 0 radical (unpaired) electrons. The molecule has 2 aromatic rings. The van der Waals surface area contributed by atoms with Crippen molar-refractivity contribution < 1.29 is 50.0 Å². The van der Waals surface area contributed by atoms with Gasteiger partial charge in [-0.1, -0.05) is 54.0 Å².